The van der Waals surface area contributed by atoms with E-state index in [1.54, 1.807) is 24.5 Å². The Bertz CT molecular complexity index is 1130. The van der Waals surface area contributed by atoms with E-state index in [2.05, 4.69) is 22.1 Å². The fourth-order valence-electron chi connectivity index (χ4n) is 4.22. The Morgan fingerprint density at radius 3 is 2.85 bits per heavy atom. The second-order valence-electron chi connectivity index (χ2n) is 8.90. The van der Waals surface area contributed by atoms with E-state index < -0.39 is 0 Å². The Labute approximate surface area is 198 Å². The van der Waals surface area contributed by atoms with Gasteiger partial charge in [-0.1, -0.05) is 6.08 Å². The molecule has 1 saturated heterocycles. The molecule has 3 aliphatic rings. The molecule has 5 rings (SSSR count). The molecule has 1 aliphatic carbocycles. The van der Waals surface area contributed by atoms with Crippen LogP contribution in [0.15, 0.2) is 40.9 Å². The van der Waals surface area contributed by atoms with Crippen molar-refractivity contribution in [3.63, 3.8) is 0 Å². The van der Waals surface area contributed by atoms with Gasteiger partial charge >= 0.3 is 0 Å². The number of amides is 1. The van der Waals surface area contributed by atoms with Crippen LogP contribution in [0.2, 0.25) is 0 Å². The molecule has 1 amide bonds. The molecular weight excluding hydrogens is 436 g/mol. The van der Waals surface area contributed by atoms with Gasteiger partial charge in [0, 0.05) is 56.3 Å². The number of nitrogens with two attached hydrogens (primary N) is 1. The van der Waals surface area contributed by atoms with Crippen LogP contribution < -0.4 is 10.5 Å². The van der Waals surface area contributed by atoms with E-state index in [4.69, 9.17) is 15.2 Å². The SMILES string of the molecule is CC(=O)N1CC=C(c2cc3nccc(OC(C=NC4CC4)=C(N)C4CCOCC4)c3s2)CC1. The van der Waals surface area contributed by atoms with Crippen LogP contribution in [0.1, 0.15) is 43.9 Å². The second kappa shape index (κ2) is 9.65. The second-order valence-corrected chi connectivity index (χ2v) is 9.95. The number of aliphatic imine (C=N–C) groups is 1. The first-order valence-corrected chi connectivity index (χ1v) is 12.5. The summed E-state index contributed by atoms with van der Waals surface area (Å²) in [6, 6.07) is 4.41. The summed E-state index contributed by atoms with van der Waals surface area (Å²) in [4.78, 5) is 23.9. The number of hydrogen-bond donors (Lipinski definition) is 1. The number of aromatic nitrogens is 1. The number of hydrogen-bond acceptors (Lipinski definition) is 7. The quantitative estimate of drug-likeness (QED) is 0.510. The van der Waals surface area contributed by atoms with E-state index in [1.165, 1.54) is 10.5 Å². The minimum absolute atomic E-state index is 0.119. The standard InChI is InChI=1S/C25H30N4O3S/c1-16(30)29-10-5-17(6-11-29)23-14-20-25(33-23)21(4-9-27-20)32-22(15-28-19-2-3-19)24(26)18-7-12-31-13-8-18/h4-5,9,14-15,18-19H,2-3,6-8,10-13,26H2,1H3. The summed E-state index contributed by atoms with van der Waals surface area (Å²) in [7, 11) is 0. The minimum Gasteiger partial charge on any atom is -0.452 e. The number of carbonyl (C=O) groups excluding carboxylic acids is 1. The fraction of sp³-hybridized carbons (Fsp3) is 0.480. The normalized spacial score (nSPS) is 20.8. The average Bonchev–Trinajstić information content (AvgIpc) is 3.57. The van der Waals surface area contributed by atoms with Gasteiger partial charge in [0.2, 0.25) is 5.91 Å². The van der Waals surface area contributed by atoms with Crippen LogP contribution in [0, 0.1) is 5.92 Å². The number of thiophene rings is 1. The van der Waals surface area contributed by atoms with Gasteiger partial charge in [0.25, 0.3) is 0 Å². The van der Waals surface area contributed by atoms with Gasteiger partial charge in [0.15, 0.2) is 5.76 Å². The fourth-order valence-corrected chi connectivity index (χ4v) is 5.35. The number of nitrogens with zero attached hydrogens (tertiary/aromatic N) is 3. The highest BCUT2D eigenvalue weighted by Gasteiger charge is 2.24. The van der Waals surface area contributed by atoms with E-state index in [9.17, 15) is 4.79 Å². The number of ether oxygens (including phenoxy) is 2. The van der Waals surface area contributed by atoms with Crippen LogP contribution in [-0.4, -0.2) is 54.4 Å². The van der Waals surface area contributed by atoms with Crippen molar-refractivity contribution in [2.75, 3.05) is 26.3 Å². The topological polar surface area (TPSA) is 90.0 Å². The molecule has 33 heavy (non-hydrogen) atoms. The first kappa shape index (κ1) is 22.1. The Balaban J connectivity index is 1.43. The molecular formula is C25H30N4O3S. The van der Waals surface area contributed by atoms with Gasteiger partial charge in [0.1, 0.15) is 5.75 Å². The van der Waals surface area contributed by atoms with Gasteiger partial charge in [-0.05, 0) is 43.7 Å². The van der Waals surface area contributed by atoms with Gasteiger partial charge in [-0.3, -0.25) is 14.8 Å². The summed E-state index contributed by atoms with van der Waals surface area (Å²) in [6.45, 7) is 4.47. The molecule has 2 fully saturated rings. The van der Waals surface area contributed by atoms with Crippen molar-refractivity contribution in [1.29, 1.82) is 0 Å². The largest absolute Gasteiger partial charge is 0.452 e. The van der Waals surface area contributed by atoms with Crippen molar-refractivity contribution in [1.82, 2.24) is 9.88 Å². The minimum atomic E-state index is 0.119. The van der Waals surface area contributed by atoms with Crippen molar-refractivity contribution in [2.24, 2.45) is 16.6 Å². The third-order valence-electron chi connectivity index (χ3n) is 6.46. The molecule has 0 spiro atoms. The zero-order chi connectivity index (χ0) is 22.8. The molecule has 1 saturated carbocycles. The Kier molecular flexibility index (Phi) is 6.46. The van der Waals surface area contributed by atoms with Gasteiger partial charge in [-0.25, -0.2) is 0 Å². The third kappa shape index (κ3) is 5.12. The Morgan fingerprint density at radius 1 is 1.33 bits per heavy atom. The van der Waals surface area contributed by atoms with E-state index in [0.29, 0.717) is 18.3 Å². The van der Waals surface area contributed by atoms with Crippen molar-refractivity contribution >= 4 is 39.2 Å². The molecule has 2 aromatic heterocycles. The lowest BCUT2D eigenvalue weighted by molar-refractivity contribution is -0.128. The molecule has 0 aromatic carbocycles. The van der Waals surface area contributed by atoms with Gasteiger partial charge in [-0.2, -0.15) is 0 Å². The first-order chi connectivity index (χ1) is 16.1. The molecule has 174 valence electrons. The maximum absolute atomic E-state index is 11.6. The molecule has 0 atom stereocenters. The molecule has 0 bridgehead atoms. The lowest BCUT2D eigenvalue weighted by Gasteiger charge is -2.24. The van der Waals surface area contributed by atoms with Gasteiger partial charge < -0.3 is 20.1 Å². The first-order valence-electron chi connectivity index (χ1n) is 11.7. The number of fused-ring (bicyclic) bond motifs is 1. The maximum atomic E-state index is 11.6. The van der Waals surface area contributed by atoms with Crippen LogP contribution in [0.25, 0.3) is 15.8 Å². The Hall–Kier alpha value is -2.71. The predicted octanol–water partition coefficient (Wildman–Crippen LogP) is 4.14. The van der Waals surface area contributed by atoms with Crippen molar-refractivity contribution in [3.05, 3.63) is 40.7 Å². The molecule has 0 radical (unpaired) electrons. The smallest absolute Gasteiger partial charge is 0.219 e. The van der Waals surface area contributed by atoms with E-state index in [0.717, 1.165) is 73.5 Å². The highest BCUT2D eigenvalue weighted by Crippen LogP contribution is 2.38. The molecule has 2 N–H and O–H groups in total. The molecule has 7 nitrogen and oxygen atoms in total. The monoisotopic (exact) mass is 466 g/mol. The van der Waals surface area contributed by atoms with Gasteiger partial charge in [0.05, 0.1) is 28.2 Å². The third-order valence-corrected chi connectivity index (χ3v) is 7.68. The summed E-state index contributed by atoms with van der Waals surface area (Å²) in [6.07, 6.45) is 10.7. The number of carbonyl (C=O) groups is 1. The van der Waals surface area contributed by atoms with Gasteiger partial charge in [-0.15, -0.1) is 11.3 Å². The van der Waals surface area contributed by atoms with E-state index in [1.807, 2.05) is 17.2 Å². The highest BCUT2D eigenvalue weighted by atomic mass is 32.1. The average molecular weight is 467 g/mol. The lowest BCUT2D eigenvalue weighted by Crippen LogP contribution is -2.32. The van der Waals surface area contributed by atoms with Crippen LogP contribution in [-0.2, 0) is 9.53 Å². The number of rotatable bonds is 6. The summed E-state index contributed by atoms with van der Waals surface area (Å²) >= 11 is 1.68. The molecule has 8 heteroatoms. The lowest BCUT2D eigenvalue weighted by atomic mass is 9.96. The summed E-state index contributed by atoms with van der Waals surface area (Å²) in [5.74, 6) is 1.76. The predicted molar refractivity (Wildman–Crippen MR) is 131 cm³/mol. The summed E-state index contributed by atoms with van der Waals surface area (Å²) in [5, 5.41) is 0. The van der Waals surface area contributed by atoms with Crippen LogP contribution in [0.4, 0.5) is 0 Å². The maximum Gasteiger partial charge on any atom is 0.219 e. The van der Waals surface area contributed by atoms with Crippen molar-refractivity contribution in [3.8, 4) is 5.75 Å². The van der Waals surface area contributed by atoms with Crippen molar-refractivity contribution in [2.45, 2.75) is 45.1 Å². The zero-order valence-electron chi connectivity index (χ0n) is 19.0. The van der Waals surface area contributed by atoms with E-state index in [-0.39, 0.29) is 11.8 Å². The van der Waals surface area contributed by atoms with Crippen LogP contribution in [0.3, 0.4) is 0 Å². The van der Waals surface area contributed by atoms with Crippen LogP contribution >= 0.6 is 11.3 Å². The highest BCUT2D eigenvalue weighted by molar-refractivity contribution is 7.20. The summed E-state index contributed by atoms with van der Waals surface area (Å²) < 4.78 is 12.9. The number of allylic oxidation sites excluding steroid dienone is 2. The Morgan fingerprint density at radius 2 is 2.15 bits per heavy atom. The molecule has 2 aromatic rings. The van der Waals surface area contributed by atoms with E-state index >= 15 is 0 Å². The number of pyridine rings is 1. The molecule has 2 aliphatic heterocycles. The molecule has 4 heterocycles. The van der Waals surface area contributed by atoms with Crippen LogP contribution in [0.5, 0.6) is 5.75 Å². The molecule has 0 unspecified atom stereocenters. The zero-order valence-corrected chi connectivity index (χ0v) is 19.8. The summed E-state index contributed by atoms with van der Waals surface area (Å²) in [5.41, 5.74) is 9.52. The van der Waals surface area contributed by atoms with Crippen molar-refractivity contribution < 1.29 is 14.3 Å².